The van der Waals surface area contributed by atoms with Crippen molar-refractivity contribution in [1.29, 1.82) is 0 Å². The highest BCUT2D eigenvalue weighted by molar-refractivity contribution is 7.94. The highest BCUT2D eigenvalue weighted by Gasteiger charge is 2.27. The third-order valence-corrected chi connectivity index (χ3v) is 7.40. The van der Waals surface area contributed by atoms with Crippen LogP contribution in [0.4, 0.5) is 0 Å². The van der Waals surface area contributed by atoms with Crippen LogP contribution < -0.4 is 0 Å². The molecule has 0 radical (unpaired) electrons. The number of carbonyl (C=O) groups excluding carboxylic acids is 2. The number of ketones is 1. The second-order valence-electron chi connectivity index (χ2n) is 8.91. The highest BCUT2D eigenvalue weighted by atomic mass is 32.2. The molecular weight excluding hydrogens is 416 g/mol. The van der Waals surface area contributed by atoms with Gasteiger partial charge in [0.05, 0.1) is 4.90 Å². The number of ether oxygens (including phenoxy) is 1. The molecule has 0 aliphatic carbocycles. The molecule has 5 nitrogen and oxygen atoms in total. The minimum absolute atomic E-state index is 0.00588. The third kappa shape index (κ3) is 9.67. The molecule has 1 aromatic rings. The van der Waals surface area contributed by atoms with E-state index in [0.29, 0.717) is 24.5 Å². The lowest BCUT2D eigenvalue weighted by Crippen LogP contribution is -2.32. The summed E-state index contributed by atoms with van der Waals surface area (Å²) < 4.78 is 29.9. The molecule has 0 aliphatic rings. The maximum Gasteiger partial charge on any atom is 0.303 e. The summed E-state index contributed by atoms with van der Waals surface area (Å²) in [5.74, 6) is -0.650. The van der Waals surface area contributed by atoms with Crippen molar-refractivity contribution in [2.45, 2.75) is 69.8 Å². The van der Waals surface area contributed by atoms with E-state index in [1.54, 1.807) is 36.4 Å². The lowest BCUT2D eigenvalue weighted by molar-refractivity contribution is -0.150. The van der Waals surface area contributed by atoms with Crippen LogP contribution in [-0.4, -0.2) is 34.3 Å². The summed E-state index contributed by atoms with van der Waals surface area (Å²) in [4.78, 5) is 24.3. The molecule has 0 saturated carbocycles. The highest BCUT2D eigenvalue weighted by Crippen LogP contribution is 2.22. The number of hydrogen-bond donors (Lipinski definition) is 0. The minimum Gasteiger partial charge on any atom is -0.450 e. The van der Waals surface area contributed by atoms with Gasteiger partial charge in [-0.05, 0) is 42.5 Å². The van der Waals surface area contributed by atoms with Crippen LogP contribution in [0.2, 0.25) is 25.7 Å². The van der Waals surface area contributed by atoms with Gasteiger partial charge >= 0.3 is 5.97 Å². The van der Waals surface area contributed by atoms with Gasteiger partial charge in [0.15, 0.2) is 21.7 Å². The second-order valence-corrected chi connectivity index (χ2v) is 16.2. The second kappa shape index (κ2) is 11.4. The summed E-state index contributed by atoms with van der Waals surface area (Å²) in [6, 6.07) is 8.98. The van der Waals surface area contributed by atoms with Gasteiger partial charge in [0.1, 0.15) is 0 Å². The van der Waals surface area contributed by atoms with E-state index in [1.165, 1.54) is 12.3 Å². The van der Waals surface area contributed by atoms with Crippen molar-refractivity contribution in [3.8, 4) is 0 Å². The minimum atomic E-state index is -3.47. The van der Waals surface area contributed by atoms with Crippen LogP contribution >= 0.6 is 0 Å². The van der Waals surface area contributed by atoms with Crippen LogP contribution in [-0.2, 0) is 24.2 Å². The maximum atomic E-state index is 12.7. The summed E-state index contributed by atoms with van der Waals surface area (Å²) in [5.41, 5.74) is 0.663. The van der Waals surface area contributed by atoms with E-state index in [1.807, 2.05) is 6.92 Å². The molecule has 30 heavy (non-hydrogen) atoms. The van der Waals surface area contributed by atoms with Crippen molar-refractivity contribution < 1.29 is 22.7 Å². The Morgan fingerprint density at radius 2 is 1.77 bits per heavy atom. The van der Waals surface area contributed by atoms with Gasteiger partial charge in [0, 0.05) is 26.8 Å². The van der Waals surface area contributed by atoms with Crippen LogP contribution in [0.15, 0.2) is 58.9 Å². The average Bonchev–Trinajstić information content (AvgIpc) is 2.63. The van der Waals surface area contributed by atoms with Gasteiger partial charge in [-0.2, -0.15) is 0 Å². The molecule has 0 N–H and O–H groups in total. The molecule has 166 valence electrons. The van der Waals surface area contributed by atoms with Crippen LogP contribution in [0.3, 0.4) is 0 Å². The molecule has 0 aliphatic heterocycles. The van der Waals surface area contributed by atoms with E-state index in [-0.39, 0.29) is 23.0 Å². The van der Waals surface area contributed by atoms with E-state index < -0.39 is 30.0 Å². The SMILES string of the molecule is C=C(C[Si](C)(C)C)C(OC(C)=O)C(=O)CCC[C@H](C)/C=C/S(=O)(=O)c1ccccc1. The van der Waals surface area contributed by atoms with E-state index in [0.717, 1.165) is 0 Å². The molecule has 0 bridgehead atoms. The average molecular weight is 451 g/mol. The van der Waals surface area contributed by atoms with Gasteiger partial charge in [-0.25, -0.2) is 8.42 Å². The molecule has 1 aromatic carbocycles. The van der Waals surface area contributed by atoms with Gasteiger partial charge in [-0.3, -0.25) is 9.59 Å². The Balaban J connectivity index is 2.63. The van der Waals surface area contributed by atoms with Gasteiger partial charge < -0.3 is 4.74 Å². The van der Waals surface area contributed by atoms with E-state index >= 15 is 0 Å². The molecule has 0 fully saturated rings. The van der Waals surface area contributed by atoms with E-state index in [4.69, 9.17) is 4.74 Å². The number of rotatable bonds is 12. The lowest BCUT2D eigenvalue weighted by Gasteiger charge is -2.23. The standard InChI is InChI=1S/C23H34O5SSi/c1-18(15-16-29(26,27)21-12-8-7-9-13-21)11-10-14-22(25)23(28-20(3)24)19(2)17-30(4,5)6/h7-9,12-13,15-16,18,23H,2,10-11,14,17H2,1,3-6H3/b16-15+/t18-,23?/m0/s1. The fourth-order valence-corrected chi connectivity index (χ4v) is 5.78. The zero-order valence-electron chi connectivity index (χ0n) is 18.7. The normalized spacial score (nSPS) is 14.3. The Bertz CT molecular complexity index is 867. The van der Waals surface area contributed by atoms with Crippen LogP contribution in [0.25, 0.3) is 0 Å². The van der Waals surface area contributed by atoms with E-state index in [9.17, 15) is 18.0 Å². The third-order valence-electron chi connectivity index (χ3n) is 4.45. The monoisotopic (exact) mass is 450 g/mol. The van der Waals surface area contributed by atoms with Crippen molar-refractivity contribution >= 4 is 29.7 Å². The van der Waals surface area contributed by atoms with Crippen molar-refractivity contribution in [3.05, 3.63) is 54.0 Å². The van der Waals surface area contributed by atoms with Crippen molar-refractivity contribution in [2.24, 2.45) is 5.92 Å². The summed E-state index contributed by atoms with van der Waals surface area (Å²) in [5, 5.41) is 1.23. The first-order valence-corrected chi connectivity index (χ1v) is 15.4. The topological polar surface area (TPSA) is 77.5 Å². The van der Waals surface area contributed by atoms with Crippen molar-refractivity contribution in [1.82, 2.24) is 0 Å². The quantitative estimate of drug-likeness (QED) is 0.249. The summed E-state index contributed by atoms with van der Waals surface area (Å²) in [6.45, 7) is 13.7. The van der Waals surface area contributed by atoms with Gasteiger partial charge in [0.25, 0.3) is 0 Å². The molecule has 1 unspecified atom stereocenters. The van der Waals surface area contributed by atoms with Gasteiger partial charge in [0.2, 0.25) is 0 Å². The Kier molecular flexibility index (Phi) is 9.91. The molecular formula is C23H34O5SSi. The Labute approximate surface area is 182 Å². The van der Waals surface area contributed by atoms with Crippen LogP contribution in [0.1, 0.15) is 33.1 Å². The van der Waals surface area contributed by atoms with E-state index in [2.05, 4.69) is 26.2 Å². The first kappa shape index (κ1) is 26.0. The fraction of sp³-hybridized carbons (Fsp3) is 0.478. The predicted octanol–water partition coefficient (Wildman–Crippen LogP) is 5.18. The number of hydrogen-bond acceptors (Lipinski definition) is 5. The number of carbonyl (C=O) groups is 2. The summed E-state index contributed by atoms with van der Waals surface area (Å²) >= 11 is 0. The number of esters is 1. The largest absolute Gasteiger partial charge is 0.450 e. The fourth-order valence-electron chi connectivity index (χ4n) is 3.07. The molecule has 2 atom stereocenters. The molecule has 0 amide bonds. The van der Waals surface area contributed by atoms with Gasteiger partial charge in [-0.15, -0.1) is 0 Å². The van der Waals surface area contributed by atoms with Crippen molar-refractivity contribution in [2.75, 3.05) is 0 Å². The molecule has 0 aromatic heterocycles. The lowest BCUT2D eigenvalue weighted by atomic mass is 9.99. The molecule has 1 rings (SSSR count). The number of allylic oxidation sites excluding steroid dienone is 1. The Morgan fingerprint density at radius 3 is 2.30 bits per heavy atom. The van der Waals surface area contributed by atoms with Crippen LogP contribution in [0, 0.1) is 5.92 Å². The number of benzene rings is 1. The maximum absolute atomic E-state index is 12.7. The molecule has 0 heterocycles. The van der Waals surface area contributed by atoms with Crippen LogP contribution in [0.5, 0.6) is 0 Å². The molecule has 0 saturated heterocycles. The Hall–Kier alpha value is -1.99. The van der Waals surface area contributed by atoms with Crippen molar-refractivity contribution in [3.63, 3.8) is 0 Å². The van der Waals surface area contributed by atoms with Gasteiger partial charge in [-0.1, -0.05) is 57.4 Å². The number of Topliss-reactive ketones (excluding diaryl/α,β-unsaturated/α-hetero) is 1. The molecule has 7 heteroatoms. The predicted molar refractivity (Wildman–Crippen MR) is 124 cm³/mol. The zero-order valence-corrected chi connectivity index (χ0v) is 20.5. The Morgan fingerprint density at radius 1 is 1.17 bits per heavy atom. The summed E-state index contributed by atoms with van der Waals surface area (Å²) in [6.07, 6.45) is 2.25. The number of sulfone groups is 1. The smallest absolute Gasteiger partial charge is 0.303 e. The molecule has 0 spiro atoms. The summed E-state index contributed by atoms with van der Waals surface area (Å²) in [7, 11) is -4.96. The first-order chi connectivity index (χ1) is 13.8. The first-order valence-electron chi connectivity index (χ1n) is 10.2. The zero-order chi connectivity index (χ0) is 22.9.